The first kappa shape index (κ1) is 18.5. The summed E-state index contributed by atoms with van der Waals surface area (Å²) in [7, 11) is 0. The molecule has 0 bridgehead atoms. The highest BCUT2D eigenvalue weighted by Gasteiger charge is 2.27. The van der Waals surface area contributed by atoms with Crippen LogP contribution >= 0.6 is 0 Å². The van der Waals surface area contributed by atoms with Gasteiger partial charge in [0.25, 0.3) is 0 Å². The van der Waals surface area contributed by atoms with Gasteiger partial charge in [-0.2, -0.15) is 0 Å². The standard InChI is InChI=1S/C18H30N2O2/c1-13(2)10-11-22-15-9-7-6-8-14(15)12-20-17(21)16(19)18(3,4)5/h6-9,13,16H,10-12,19H2,1-5H3,(H,20,21)/t16-/m1/s1. The minimum Gasteiger partial charge on any atom is -0.493 e. The van der Waals surface area contributed by atoms with E-state index in [1.54, 1.807) is 0 Å². The first-order valence-corrected chi connectivity index (χ1v) is 7.96. The quantitative estimate of drug-likeness (QED) is 0.813. The molecule has 0 saturated carbocycles. The smallest absolute Gasteiger partial charge is 0.237 e. The van der Waals surface area contributed by atoms with Gasteiger partial charge in [0.1, 0.15) is 5.75 Å². The average Bonchev–Trinajstić information content (AvgIpc) is 2.43. The monoisotopic (exact) mass is 306 g/mol. The molecular formula is C18H30N2O2. The van der Waals surface area contributed by atoms with Gasteiger partial charge in [-0.25, -0.2) is 0 Å². The third kappa shape index (κ3) is 6.06. The van der Waals surface area contributed by atoms with Crippen molar-refractivity contribution in [3.05, 3.63) is 29.8 Å². The summed E-state index contributed by atoms with van der Waals surface area (Å²) >= 11 is 0. The summed E-state index contributed by atoms with van der Waals surface area (Å²) in [5, 5.41) is 2.90. The number of benzene rings is 1. The first-order valence-electron chi connectivity index (χ1n) is 7.96. The van der Waals surface area contributed by atoms with Gasteiger partial charge in [-0.3, -0.25) is 4.79 Å². The molecule has 0 aliphatic carbocycles. The second-order valence-electron chi connectivity index (χ2n) is 7.20. The third-order valence-corrected chi connectivity index (χ3v) is 3.59. The van der Waals surface area contributed by atoms with Crippen LogP contribution in [0.2, 0.25) is 0 Å². The van der Waals surface area contributed by atoms with Crippen LogP contribution in [0, 0.1) is 11.3 Å². The van der Waals surface area contributed by atoms with Crippen LogP contribution in [0.15, 0.2) is 24.3 Å². The zero-order valence-electron chi connectivity index (χ0n) is 14.5. The van der Waals surface area contributed by atoms with Gasteiger partial charge < -0.3 is 15.8 Å². The zero-order chi connectivity index (χ0) is 16.8. The highest BCUT2D eigenvalue weighted by Crippen LogP contribution is 2.20. The van der Waals surface area contributed by atoms with Crippen LogP contribution in [0.25, 0.3) is 0 Å². The number of carbonyl (C=O) groups is 1. The lowest BCUT2D eigenvalue weighted by molar-refractivity contribution is -0.124. The van der Waals surface area contributed by atoms with Gasteiger partial charge in [0.15, 0.2) is 0 Å². The fourth-order valence-corrected chi connectivity index (χ4v) is 1.88. The second kappa shape index (κ2) is 8.18. The van der Waals surface area contributed by atoms with E-state index in [0.29, 0.717) is 19.1 Å². The van der Waals surface area contributed by atoms with Gasteiger partial charge in [-0.15, -0.1) is 0 Å². The predicted molar refractivity (Wildman–Crippen MR) is 90.7 cm³/mol. The Hall–Kier alpha value is -1.55. The molecule has 22 heavy (non-hydrogen) atoms. The van der Waals surface area contributed by atoms with Crippen molar-refractivity contribution in [2.24, 2.45) is 17.1 Å². The summed E-state index contributed by atoms with van der Waals surface area (Å²) < 4.78 is 5.83. The third-order valence-electron chi connectivity index (χ3n) is 3.59. The average molecular weight is 306 g/mol. The topological polar surface area (TPSA) is 64.3 Å². The summed E-state index contributed by atoms with van der Waals surface area (Å²) in [6.07, 6.45) is 1.01. The summed E-state index contributed by atoms with van der Waals surface area (Å²) in [4.78, 5) is 12.1. The minimum absolute atomic E-state index is 0.135. The van der Waals surface area contributed by atoms with E-state index in [-0.39, 0.29) is 11.3 Å². The van der Waals surface area contributed by atoms with Crippen LogP contribution < -0.4 is 15.8 Å². The van der Waals surface area contributed by atoms with E-state index in [0.717, 1.165) is 17.7 Å². The number of nitrogens with one attached hydrogen (secondary N) is 1. The van der Waals surface area contributed by atoms with Gasteiger partial charge in [-0.05, 0) is 23.8 Å². The second-order valence-corrected chi connectivity index (χ2v) is 7.20. The van der Waals surface area contributed by atoms with Crippen molar-refractivity contribution in [2.45, 2.75) is 53.6 Å². The van der Waals surface area contributed by atoms with Crippen molar-refractivity contribution in [1.82, 2.24) is 5.32 Å². The Kier molecular flexibility index (Phi) is 6.88. The maximum Gasteiger partial charge on any atom is 0.237 e. The molecule has 0 radical (unpaired) electrons. The molecule has 3 N–H and O–H groups in total. The number of nitrogens with two attached hydrogens (primary N) is 1. The van der Waals surface area contributed by atoms with E-state index >= 15 is 0 Å². The molecule has 0 heterocycles. The summed E-state index contributed by atoms with van der Waals surface area (Å²) in [5.41, 5.74) is 6.69. The molecule has 0 fully saturated rings. The fraction of sp³-hybridized carbons (Fsp3) is 0.611. The Morgan fingerprint density at radius 1 is 1.27 bits per heavy atom. The van der Waals surface area contributed by atoms with E-state index < -0.39 is 6.04 Å². The molecule has 0 unspecified atom stereocenters. The molecule has 4 nitrogen and oxygen atoms in total. The predicted octanol–water partition coefficient (Wildman–Crippen LogP) is 3.10. The molecule has 0 aliphatic rings. The summed E-state index contributed by atoms with van der Waals surface area (Å²) in [5.74, 6) is 1.30. The lowest BCUT2D eigenvalue weighted by atomic mass is 9.87. The maximum absolute atomic E-state index is 12.1. The van der Waals surface area contributed by atoms with Crippen LogP contribution in [0.4, 0.5) is 0 Å². The van der Waals surface area contributed by atoms with Crippen LogP contribution in [0.5, 0.6) is 5.75 Å². The van der Waals surface area contributed by atoms with E-state index in [2.05, 4.69) is 19.2 Å². The first-order chi connectivity index (χ1) is 10.2. The van der Waals surface area contributed by atoms with Gasteiger partial charge in [0.2, 0.25) is 5.91 Å². The summed E-state index contributed by atoms with van der Waals surface area (Å²) in [6, 6.07) is 7.26. The molecule has 0 saturated heterocycles. The number of carbonyl (C=O) groups excluding carboxylic acids is 1. The molecule has 1 aromatic carbocycles. The highest BCUT2D eigenvalue weighted by molar-refractivity contribution is 5.82. The molecule has 0 aliphatic heterocycles. The number of ether oxygens (including phenoxy) is 1. The molecule has 0 aromatic heterocycles. The Morgan fingerprint density at radius 3 is 2.50 bits per heavy atom. The van der Waals surface area contributed by atoms with Gasteiger partial charge in [-0.1, -0.05) is 52.8 Å². The lowest BCUT2D eigenvalue weighted by Gasteiger charge is -2.26. The number of amides is 1. The molecule has 1 atom stereocenters. The normalized spacial score (nSPS) is 13.0. The van der Waals surface area contributed by atoms with E-state index in [1.165, 1.54) is 0 Å². The van der Waals surface area contributed by atoms with Gasteiger partial charge in [0.05, 0.1) is 12.6 Å². The highest BCUT2D eigenvalue weighted by atomic mass is 16.5. The van der Waals surface area contributed by atoms with E-state index in [9.17, 15) is 4.79 Å². The SMILES string of the molecule is CC(C)CCOc1ccccc1CNC(=O)[C@@H](N)C(C)(C)C. The Bertz CT molecular complexity index is 478. The Morgan fingerprint density at radius 2 is 1.91 bits per heavy atom. The fourth-order valence-electron chi connectivity index (χ4n) is 1.88. The Balaban J connectivity index is 2.60. The van der Waals surface area contributed by atoms with Crippen molar-refractivity contribution < 1.29 is 9.53 Å². The molecule has 1 aromatic rings. The molecule has 124 valence electrons. The number of para-hydroxylation sites is 1. The molecule has 1 rings (SSSR count). The van der Waals surface area contributed by atoms with Gasteiger partial charge >= 0.3 is 0 Å². The zero-order valence-corrected chi connectivity index (χ0v) is 14.5. The largest absolute Gasteiger partial charge is 0.493 e. The van der Waals surface area contributed by atoms with Gasteiger partial charge in [0, 0.05) is 12.1 Å². The Labute approximate surface area is 134 Å². The number of rotatable bonds is 7. The van der Waals surface area contributed by atoms with Crippen LogP contribution in [-0.4, -0.2) is 18.6 Å². The van der Waals surface area contributed by atoms with Crippen LogP contribution in [0.1, 0.15) is 46.6 Å². The summed E-state index contributed by atoms with van der Waals surface area (Å²) in [6.45, 7) is 11.3. The van der Waals surface area contributed by atoms with Crippen LogP contribution in [0.3, 0.4) is 0 Å². The van der Waals surface area contributed by atoms with Crippen molar-refractivity contribution in [1.29, 1.82) is 0 Å². The van der Waals surface area contributed by atoms with Crippen molar-refractivity contribution >= 4 is 5.91 Å². The van der Waals surface area contributed by atoms with E-state index in [4.69, 9.17) is 10.5 Å². The molecule has 1 amide bonds. The minimum atomic E-state index is -0.526. The lowest BCUT2D eigenvalue weighted by Crippen LogP contribution is -2.48. The van der Waals surface area contributed by atoms with Crippen molar-refractivity contribution in [2.75, 3.05) is 6.61 Å². The number of hydrogen-bond donors (Lipinski definition) is 2. The van der Waals surface area contributed by atoms with Crippen LogP contribution in [-0.2, 0) is 11.3 Å². The van der Waals surface area contributed by atoms with Crippen molar-refractivity contribution in [3.8, 4) is 5.75 Å². The molecule has 0 spiro atoms. The maximum atomic E-state index is 12.1. The van der Waals surface area contributed by atoms with E-state index in [1.807, 2.05) is 45.0 Å². The molecule has 4 heteroatoms. The number of hydrogen-bond acceptors (Lipinski definition) is 3. The van der Waals surface area contributed by atoms with Crippen molar-refractivity contribution in [3.63, 3.8) is 0 Å². The molecular weight excluding hydrogens is 276 g/mol.